The molecule has 4 heteroatoms. The number of aromatic nitrogens is 2. The molecule has 0 radical (unpaired) electrons. The first-order valence-electron chi connectivity index (χ1n) is 7.04. The summed E-state index contributed by atoms with van der Waals surface area (Å²) in [5.74, 6) is 1.07. The third-order valence-electron chi connectivity index (χ3n) is 4.06. The van der Waals surface area contributed by atoms with Crippen molar-refractivity contribution in [1.29, 1.82) is 0 Å². The molecule has 0 spiro atoms. The summed E-state index contributed by atoms with van der Waals surface area (Å²) in [7, 11) is 2.01. The van der Waals surface area contributed by atoms with Crippen molar-refractivity contribution in [3.8, 4) is 0 Å². The van der Waals surface area contributed by atoms with E-state index in [4.69, 9.17) is 0 Å². The van der Waals surface area contributed by atoms with Crippen LogP contribution in [0.5, 0.6) is 0 Å². The Kier molecular flexibility index (Phi) is 4.40. The number of aliphatic hydroxyl groups is 1. The van der Waals surface area contributed by atoms with Crippen molar-refractivity contribution in [1.82, 2.24) is 14.5 Å². The first-order valence-corrected chi connectivity index (χ1v) is 7.04. The number of aryl methyl sites for hydroxylation is 2. The SMILES string of the molecule is CCCN1CCC(O)(CCc2nccn2C)CC1. The van der Waals surface area contributed by atoms with Crippen LogP contribution in [0.4, 0.5) is 0 Å². The Morgan fingerprint density at radius 2 is 2.11 bits per heavy atom. The zero-order valence-corrected chi connectivity index (χ0v) is 11.6. The van der Waals surface area contributed by atoms with Crippen LogP contribution in [0.1, 0.15) is 38.4 Å². The summed E-state index contributed by atoms with van der Waals surface area (Å²) in [6.07, 6.45) is 8.48. The Hall–Kier alpha value is -0.870. The molecule has 0 unspecified atom stereocenters. The quantitative estimate of drug-likeness (QED) is 0.864. The number of hydrogen-bond acceptors (Lipinski definition) is 3. The van der Waals surface area contributed by atoms with Crippen molar-refractivity contribution in [3.05, 3.63) is 18.2 Å². The van der Waals surface area contributed by atoms with E-state index in [2.05, 4.69) is 16.8 Å². The molecule has 0 saturated carbocycles. The molecule has 0 aromatic carbocycles. The molecule has 18 heavy (non-hydrogen) atoms. The van der Waals surface area contributed by atoms with Crippen LogP contribution in [0.25, 0.3) is 0 Å². The Bertz CT molecular complexity index is 367. The van der Waals surface area contributed by atoms with Crippen molar-refractivity contribution < 1.29 is 5.11 Å². The maximum Gasteiger partial charge on any atom is 0.108 e. The molecular weight excluding hydrogens is 226 g/mol. The Morgan fingerprint density at radius 3 is 2.67 bits per heavy atom. The molecule has 1 aliphatic heterocycles. The second kappa shape index (κ2) is 5.85. The van der Waals surface area contributed by atoms with E-state index in [9.17, 15) is 5.11 Å². The van der Waals surface area contributed by atoms with Gasteiger partial charge in [-0.3, -0.25) is 0 Å². The monoisotopic (exact) mass is 251 g/mol. The summed E-state index contributed by atoms with van der Waals surface area (Å²) in [6.45, 7) is 5.44. The molecule has 102 valence electrons. The van der Waals surface area contributed by atoms with E-state index in [0.717, 1.165) is 51.1 Å². The Balaban J connectivity index is 1.81. The second-order valence-electron chi connectivity index (χ2n) is 5.52. The van der Waals surface area contributed by atoms with Crippen LogP contribution in [-0.4, -0.2) is 44.8 Å². The maximum absolute atomic E-state index is 10.6. The molecule has 4 nitrogen and oxygen atoms in total. The number of nitrogens with zero attached hydrogens (tertiary/aromatic N) is 3. The van der Waals surface area contributed by atoms with Crippen molar-refractivity contribution in [2.75, 3.05) is 19.6 Å². The van der Waals surface area contributed by atoms with Gasteiger partial charge in [0.05, 0.1) is 5.60 Å². The van der Waals surface area contributed by atoms with Gasteiger partial charge in [-0.2, -0.15) is 0 Å². The van der Waals surface area contributed by atoms with Crippen LogP contribution in [0, 0.1) is 0 Å². The molecule has 1 aromatic rings. The minimum Gasteiger partial charge on any atom is -0.390 e. The van der Waals surface area contributed by atoms with Crippen molar-refractivity contribution in [2.24, 2.45) is 7.05 Å². The molecular formula is C14H25N3O. The summed E-state index contributed by atoms with van der Waals surface area (Å²) in [4.78, 5) is 6.77. The highest BCUT2D eigenvalue weighted by molar-refractivity contribution is 4.95. The van der Waals surface area contributed by atoms with Crippen LogP contribution in [0.2, 0.25) is 0 Å². The normalized spacial score (nSPS) is 20.2. The smallest absolute Gasteiger partial charge is 0.108 e. The molecule has 1 saturated heterocycles. The highest BCUT2D eigenvalue weighted by Crippen LogP contribution is 2.26. The topological polar surface area (TPSA) is 41.3 Å². The molecule has 0 bridgehead atoms. The number of imidazole rings is 1. The lowest BCUT2D eigenvalue weighted by Crippen LogP contribution is -2.44. The van der Waals surface area contributed by atoms with Gasteiger partial charge in [0.2, 0.25) is 0 Å². The van der Waals surface area contributed by atoms with Gasteiger partial charge >= 0.3 is 0 Å². The average molecular weight is 251 g/mol. The summed E-state index contributed by atoms with van der Waals surface area (Å²) in [6, 6.07) is 0. The van der Waals surface area contributed by atoms with E-state index in [0.29, 0.717) is 0 Å². The lowest BCUT2D eigenvalue weighted by Gasteiger charge is -2.38. The fourth-order valence-electron chi connectivity index (χ4n) is 2.74. The van der Waals surface area contributed by atoms with Gasteiger partial charge in [-0.1, -0.05) is 6.92 Å². The van der Waals surface area contributed by atoms with E-state index in [1.807, 2.05) is 24.0 Å². The zero-order chi connectivity index (χ0) is 13.0. The van der Waals surface area contributed by atoms with E-state index in [1.165, 1.54) is 6.42 Å². The van der Waals surface area contributed by atoms with Gasteiger partial charge in [-0.15, -0.1) is 0 Å². The standard InChI is InChI=1S/C14H25N3O/c1-3-9-17-10-6-14(18,7-11-17)5-4-13-15-8-12-16(13)2/h8,12,18H,3-7,9-11H2,1-2H3. The fraction of sp³-hybridized carbons (Fsp3) is 0.786. The van der Waals surface area contributed by atoms with Gasteiger partial charge in [0.15, 0.2) is 0 Å². The maximum atomic E-state index is 10.6. The van der Waals surface area contributed by atoms with Crippen LogP contribution < -0.4 is 0 Å². The number of rotatable bonds is 5. The summed E-state index contributed by atoms with van der Waals surface area (Å²) in [5, 5.41) is 10.6. The molecule has 1 aliphatic rings. The highest BCUT2D eigenvalue weighted by atomic mass is 16.3. The van der Waals surface area contributed by atoms with Crippen LogP contribution >= 0.6 is 0 Å². The first-order chi connectivity index (χ1) is 8.63. The Morgan fingerprint density at radius 1 is 1.39 bits per heavy atom. The number of likely N-dealkylation sites (tertiary alicyclic amines) is 1. The van der Waals surface area contributed by atoms with Crippen molar-refractivity contribution >= 4 is 0 Å². The van der Waals surface area contributed by atoms with E-state index >= 15 is 0 Å². The van der Waals surface area contributed by atoms with E-state index < -0.39 is 5.60 Å². The molecule has 1 aromatic heterocycles. The minimum absolute atomic E-state index is 0.476. The van der Waals surface area contributed by atoms with Gasteiger partial charge in [-0.25, -0.2) is 4.98 Å². The van der Waals surface area contributed by atoms with E-state index in [1.54, 1.807) is 0 Å². The fourth-order valence-corrected chi connectivity index (χ4v) is 2.74. The molecule has 0 atom stereocenters. The van der Waals surface area contributed by atoms with Gasteiger partial charge in [-0.05, 0) is 32.2 Å². The highest BCUT2D eigenvalue weighted by Gasteiger charge is 2.31. The largest absolute Gasteiger partial charge is 0.390 e. The van der Waals surface area contributed by atoms with Gasteiger partial charge in [0, 0.05) is 39.0 Å². The van der Waals surface area contributed by atoms with Gasteiger partial charge in [0.1, 0.15) is 5.82 Å². The molecule has 2 rings (SSSR count). The van der Waals surface area contributed by atoms with E-state index in [-0.39, 0.29) is 0 Å². The second-order valence-corrected chi connectivity index (χ2v) is 5.52. The van der Waals surface area contributed by atoms with Gasteiger partial charge in [0.25, 0.3) is 0 Å². The van der Waals surface area contributed by atoms with Gasteiger partial charge < -0.3 is 14.6 Å². The van der Waals surface area contributed by atoms with Crippen molar-refractivity contribution in [3.63, 3.8) is 0 Å². The summed E-state index contributed by atoms with van der Waals surface area (Å²) < 4.78 is 2.04. The summed E-state index contributed by atoms with van der Waals surface area (Å²) >= 11 is 0. The predicted octanol–water partition coefficient (Wildman–Crippen LogP) is 1.59. The van der Waals surface area contributed by atoms with Crippen molar-refractivity contribution in [2.45, 2.75) is 44.6 Å². The molecule has 0 amide bonds. The molecule has 1 N–H and O–H groups in total. The number of piperidine rings is 1. The molecule has 2 heterocycles. The average Bonchev–Trinajstić information content (AvgIpc) is 2.76. The van der Waals surface area contributed by atoms with Crippen LogP contribution in [0.15, 0.2) is 12.4 Å². The molecule has 1 fully saturated rings. The third-order valence-corrected chi connectivity index (χ3v) is 4.06. The predicted molar refractivity (Wildman–Crippen MR) is 72.4 cm³/mol. The first kappa shape index (κ1) is 13.6. The lowest BCUT2D eigenvalue weighted by molar-refractivity contribution is -0.0276. The Labute approximate surface area is 110 Å². The number of hydrogen-bond donors (Lipinski definition) is 1. The third kappa shape index (κ3) is 3.33. The minimum atomic E-state index is -0.476. The van der Waals surface area contributed by atoms with Crippen LogP contribution in [0.3, 0.4) is 0 Å². The zero-order valence-electron chi connectivity index (χ0n) is 11.6. The lowest BCUT2D eigenvalue weighted by atomic mass is 9.87. The van der Waals surface area contributed by atoms with Crippen LogP contribution in [-0.2, 0) is 13.5 Å². The summed E-state index contributed by atoms with van der Waals surface area (Å²) in [5.41, 5.74) is -0.476. The molecule has 0 aliphatic carbocycles.